The summed E-state index contributed by atoms with van der Waals surface area (Å²) >= 11 is 0. The van der Waals surface area contributed by atoms with Gasteiger partial charge in [-0.15, -0.1) is 0 Å². The van der Waals surface area contributed by atoms with E-state index in [2.05, 4.69) is 44.0 Å². The molecule has 0 N–H and O–H groups in total. The quantitative estimate of drug-likeness (QED) is 0.572. The zero-order chi connectivity index (χ0) is 21.1. The van der Waals surface area contributed by atoms with Crippen molar-refractivity contribution < 1.29 is 9.53 Å². The number of carbonyl (C=O) groups excluding carboxylic acids is 1. The smallest absolute Gasteiger partial charge is 0.222 e. The van der Waals surface area contributed by atoms with E-state index in [0.717, 1.165) is 49.3 Å². The number of imidazole rings is 1. The van der Waals surface area contributed by atoms with Crippen LogP contribution in [0.2, 0.25) is 0 Å². The fourth-order valence-electron chi connectivity index (χ4n) is 4.14. The summed E-state index contributed by atoms with van der Waals surface area (Å²) in [6.07, 6.45) is 9.43. The largest absolute Gasteiger partial charge is 0.490 e. The van der Waals surface area contributed by atoms with Crippen LogP contribution >= 0.6 is 0 Å². The van der Waals surface area contributed by atoms with Crippen LogP contribution in [0.15, 0.2) is 48.9 Å². The summed E-state index contributed by atoms with van der Waals surface area (Å²) in [5.41, 5.74) is 4.51. The summed E-state index contributed by atoms with van der Waals surface area (Å²) in [7, 11) is 0. The van der Waals surface area contributed by atoms with E-state index in [-0.39, 0.29) is 12.0 Å². The number of aromatic nitrogens is 2. The first kappa shape index (κ1) is 20.5. The molecule has 1 aliphatic heterocycles. The number of ether oxygens (including phenoxy) is 1. The lowest BCUT2D eigenvalue weighted by Gasteiger charge is -2.32. The van der Waals surface area contributed by atoms with E-state index in [1.165, 1.54) is 11.1 Å². The number of aryl methyl sites for hydroxylation is 1. The first-order chi connectivity index (χ1) is 14.5. The minimum atomic E-state index is 0.174. The third-order valence-corrected chi connectivity index (χ3v) is 6.01. The molecule has 0 radical (unpaired) electrons. The molecule has 0 atom stereocenters. The van der Waals surface area contributed by atoms with E-state index in [1.807, 2.05) is 40.0 Å². The SMILES string of the molecule is Cc1c(-c2ccc(OC3CCN(C(=O)CCC(C)C)CC3)cc2)ccn2ccnc12. The molecule has 30 heavy (non-hydrogen) atoms. The number of rotatable bonds is 6. The van der Waals surface area contributed by atoms with E-state index in [1.54, 1.807) is 0 Å². The Morgan fingerprint density at radius 1 is 1.13 bits per heavy atom. The van der Waals surface area contributed by atoms with E-state index >= 15 is 0 Å². The second kappa shape index (κ2) is 8.90. The van der Waals surface area contributed by atoms with Crippen LogP contribution in [-0.2, 0) is 4.79 Å². The number of benzene rings is 1. The summed E-state index contributed by atoms with van der Waals surface area (Å²) in [6.45, 7) is 8.02. The van der Waals surface area contributed by atoms with Crippen LogP contribution in [0.1, 0.15) is 45.1 Å². The summed E-state index contributed by atoms with van der Waals surface area (Å²) < 4.78 is 8.24. The van der Waals surface area contributed by atoms with Gasteiger partial charge in [-0.05, 0) is 48.6 Å². The average Bonchev–Trinajstić information content (AvgIpc) is 3.23. The van der Waals surface area contributed by atoms with Gasteiger partial charge in [0.05, 0.1) is 0 Å². The molecule has 0 spiro atoms. The Labute approximate surface area is 178 Å². The topological polar surface area (TPSA) is 46.8 Å². The Hall–Kier alpha value is -2.82. The molecule has 4 rings (SSSR count). The minimum absolute atomic E-state index is 0.174. The molecule has 5 nitrogen and oxygen atoms in total. The van der Waals surface area contributed by atoms with Crippen molar-refractivity contribution in [3.8, 4) is 16.9 Å². The molecule has 5 heteroatoms. The number of hydrogen-bond donors (Lipinski definition) is 0. The zero-order valence-corrected chi connectivity index (χ0v) is 18.2. The molecule has 0 unspecified atom stereocenters. The zero-order valence-electron chi connectivity index (χ0n) is 18.2. The number of amides is 1. The highest BCUT2D eigenvalue weighted by Gasteiger charge is 2.23. The van der Waals surface area contributed by atoms with Crippen LogP contribution in [0.4, 0.5) is 0 Å². The molecule has 1 amide bonds. The number of likely N-dealkylation sites (tertiary alicyclic amines) is 1. The van der Waals surface area contributed by atoms with Gasteiger partial charge in [0.1, 0.15) is 17.5 Å². The maximum atomic E-state index is 12.3. The van der Waals surface area contributed by atoms with E-state index in [4.69, 9.17) is 4.74 Å². The van der Waals surface area contributed by atoms with Gasteiger partial charge in [-0.2, -0.15) is 0 Å². The number of pyridine rings is 1. The van der Waals surface area contributed by atoms with Crippen LogP contribution in [0.25, 0.3) is 16.8 Å². The number of carbonyl (C=O) groups is 1. The molecular formula is C25H31N3O2. The summed E-state index contributed by atoms with van der Waals surface area (Å²) in [5.74, 6) is 1.75. The van der Waals surface area contributed by atoms with Gasteiger partial charge in [-0.1, -0.05) is 26.0 Å². The van der Waals surface area contributed by atoms with Crippen LogP contribution in [0.5, 0.6) is 5.75 Å². The highest BCUT2D eigenvalue weighted by molar-refractivity contribution is 5.76. The van der Waals surface area contributed by atoms with Gasteiger partial charge < -0.3 is 14.0 Å². The van der Waals surface area contributed by atoms with Gasteiger partial charge in [0.2, 0.25) is 5.91 Å². The molecule has 0 aliphatic carbocycles. The molecule has 1 fully saturated rings. The van der Waals surface area contributed by atoms with E-state index < -0.39 is 0 Å². The van der Waals surface area contributed by atoms with Crippen LogP contribution in [0, 0.1) is 12.8 Å². The molecule has 0 saturated carbocycles. The maximum absolute atomic E-state index is 12.3. The molecule has 158 valence electrons. The highest BCUT2D eigenvalue weighted by atomic mass is 16.5. The van der Waals surface area contributed by atoms with Crippen molar-refractivity contribution in [3.63, 3.8) is 0 Å². The molecule has 1 aromatic carbocycles. The Balaban J connectivity index is 1.34. The van der Waals surface area contributed by atoms with E-state index in [9.17, 15) is 4.79 Å². The molecular weight excluding hydrogens is 374 g/mol. The van der Waals surface area contributed by atoms with Gasteiger partial charge in [-0.25, -0.2) is 4.98 Å². The number of hydrogen-bond acceptors (Lipinski definition) is 3. The first-order valence-corrected chi connectivity index (χ1v) is 11.0. The van der Waals surface area contributed by atoms with Gasteiger partial charge in [0.15, 0.2) is 0 Å². The fourth-order valence-corrected chi connectivity index (χ4v) is 4.14. The van der Waals surface area contributed by atoms with Crippen LogP contribution in [0.3, 0.4) is 0 Å². The van der Waals surface area contributed by atoms with Gasteiger partial charge in [0.25, 0.3) is 0 Å². The van der Waals surface area contributed by atoms with Crippen molar-refractivity contribution >= 4 is 11.6 Å². The van der Waals surface area contributed by atoms with Gasteiger partial charge >= 0.3 is 0 Å². The third kappa shape index (κ3) is 4.50. The van der Waals surface area contributed by atoms with Crippen molar-refractivity contribution in [1.29, 1.82) is 0 Å². The molecule has 1 saturated heterocycles. The number of fused-ring (bicyclic) bond motifs is 1. The lowest BCUT2D eigenvalue weighted by molar-refractivity contribution is -0.133. The summed E-state index contributed by atoms with van der Waals surface area (Å²) in [6, 6.07) is 10.4. The minimum Gasteiger partial charge on any atom is -0.490 e. The molecule has 2 aromatic heterocycles. The number of piperidine rings is 1. The van der Waals surface area contributed by atoms with Crippen molar-refractivity contribution in [2.45, 2.75) is 52.6 Å². The summed E-state index contributed by atoms with van der Waals surface area (Å²) in [4.78, 5) is 18.8. The predicted molar refractivity (Wildman–Crippen MR) is 120 cm³/mol. The van der Waals surface area contributed by atoms with Crippen LogP contribution in [-0.4, -0.2) is 39.4 Å². The standard InChI is InChI=1S/C25H31N3O2/c1-18(2)4-9-24(29)27-14-10-22(11-15-27)30-21-7-5-20(6-8-21)23-12-16-28-17-13-26-25(28)19(23)3/h5-8,12-13,16-18,22H,4,9-11,14-15H2,1-3H3. The molecule has 3 heterocycles. The summed E-state index contributed by atoms with van der Waals surface area (Å²) in [5, 5.41) is 0. The van der Waals surface area contributed by atoms with Crippen LogP contribution < -0.4 is 4.74 Å². The molecule has 3 aromatic rings. The Bertz CT molecular complexity index is 999. The highest BCUT2D eigenvalue weighted by Crippen LogP contribution is 2.28. The normalized spacial score (nSPS) is 15.1. The van der Waals surface area contributed by atoms with Crippen molar-refractivity contribution in [2.75, 3.05) is 13.1 Å². The number of nitrogens with zero attached hydrogens (tertiary/aromatic N) is 3. The van der Waals surface area contributed by atoms with Crippen molar-refractivity contribution in [1.82, 2.24) is 14.3 Å². The van der Waals surface area contributed by atoms with Crippen molar-refractivity contribution in [3.05, 3.63) is 54.5 Å². The van der Waals surface area contributed by atoms with Crippen molar-refractivity contribution in [2.24, 2.45) is 5.92 Å². The van der Waals surface area contributed by atoms with Gasteiger partial charge in [-0.3, -0.25) is 4.79 Å². The maximum Gasteiger partial charge on any atom is 0.222 e. The predicted octanol–water partition coefficient (Wildman–Crippen LogP) is 5.12. The van der Waals surface area contributed by atoms with Gasteiger partial charge in [0, 0.05) is 56.5 Å². The third-order valence-electron chi connectivity index (χ3n) is 6.01. The lowest BCUT2D eigenvalue weighted by atomic mass is 10.0. The molecule has 1 aliphatic rings. The van der Waals surface area contributed by atoms with E-state index in [0.29, 0.717) is 12.3 Å². The second-order valence-electron chi connectivity index (χ2n) is 8.67. The Morgan fingerprint density at radius 2 is 1.87 bits per heavy atom. The Morgan fingerprint density at radius 3 is 2.57 bits per heavy atom. The average molecular weight is 406 g/mol. The molecule has 0 bridgehead atoms. The lowest BCUT2D eigenvalue weighted by Crippen LogP contribution is -2.41. The second-order valence-corrected chi connectivity index (χ2v) is 8.67. The fraction of sp³-hybridized carbons (Fsp3) is 0.440. The monoisotopic (exact) mass is 405 g/mol. The Kier molecular flexibility index (Phi) is 6.07. The first-order valence-electron chi connectivity index (χ1n) is 11.0.